The third-order valence-electron chi connectivity index (χ3n) is 3.74. The number of halogens is 2. The molecule has 21 heavy (non-hydrogen) atoms. The summed E-state index contributed by atoms with van der Waals surface area (Å²) in [6, 6.07) is 10.0. The van der Waals surface area contributed by atoms with E-state index in [4.69, 9.17) is 0 Å². The molecule has 1 fully saturated rings. The fraction of sp³-hybridized carbons (Fsp3) is 0.312. The van der Waals surface area contributed by atoms with E-state index in [1.807, 2.05) is 18.2 Å². The summed E-state index contributed by atoms with van der Waals surface area (Å²) >= 11 is 0. The van der Waals surface area contributed by atoms with Crippen molar-refractivity contribution >= 4 is 5.82 Å². The second kappa shape index (κ2) is 6.18. The van der Waals surface area contributed by atoms with Crippen LogP contribution < -0.4 is 4.90 Å². The first-order valence-corrected chi connectivity index (χ1v) is 7.04. The highest BCUT2D eigenvalue weighted by Gasteiger charge is 2.18. The quantitative estimate of drug-likeness (QED) is 0.866. The maximum atomic E-state index is 13.2. The van der Waals surface area contributed by atoms with Crippen molar-refractivity contribution in [3.63, 3.8) is 0 Å². The molecule has 110 valence electrons. The van der Waals surface area contributed by atoms with E-state index in [1.54, 1.807) is 12.3 Å². The van der Waals surface area contributed by atoms with Crippen molar-refractivity contribution in [1.29, 1.82) is 0 Å². The standard InChI is InChI=1S/C16H17F2N3/c17-14-5-4-13(11-15(14)18)12-20-7-9-21(10-8-20)16-3-1-2-6-19-16/h1-6,11H,7-10,12H2. The zero-order valence-electron chi connectivity index (χ0n) is 11.7. The highest BCUT2D eigenvalue weighted by atomic mass is 19.2. The minimum absolute atomic E-state index is 0.646. The molecule has 2 aromatic rings. The van der Waals surface area contributed by atoms with Crippen LogP contribution in [0.15, 0.2) is 42.6 Å². The number of nitrogens with zero attached hydrogens (tertiary/aromatic N) is 3. The van der Waals surface area contributed by atoms with Gasteiger partial charge in [-0.3, -0.25) is 4.90 Å². The van der Waals surface area contributed by atoms with Gasteiger partial charge in [-0.15, -0.1) is 0 Å². The van der Waals surface area contributed by atoms with Crippen molar-refractivity contribution in [1.82, 2.24) is 9.88 Å². The summed E-state index contributed by atoms with van der Waals surface area (Å²) in [6.45, 7) is 4.19. The van der Waals surface area contributed by atoms with Crippen molar-refractivity contribution in [3.8, 4) is 0 Å². The molecule has 0 spiro atoms. The highest BCUT2D eigenvalue weighted by molar-refractivity contribution is 5.38. The van der Waals surface area contributed by atoms with Crippen LogP contribution in [0.4, 0.5) is 14.6 Å². The van der Waals surface area contributed by atoms with E-state index in [2.05, 4.69) is 14.8 Å². The summed E-state index contributed by atoms with van der Waals surface area (Å²) in [7, 11) is 0. The third kappa shape index (κ3) is 3.36. The van der Waals surface area contributed by atoms with Crippen LogP contribution in [-0.2, 0) is 6.54 Å². The topological polar surface area (TPSA) is 19.4 Å². The van der Waals surface area contributed by atoms with Crippen LogP contribution >= 0.6 is 0 Å². The predicted octanol–water partition coefficient (Wildman–Crippen LogP) is 2.68. The molecule has 1 aliphatic rings. The molecule has 2 heterocycles. The van der Waals surface area contributed by atoms with E-state index in [0.29, 0.717) is 6.54 Å². The number of aromatic nitrogens is 1. The lowest BCUT2D eigenvalue weighted by molar-refractivity contribution is 0.249. The van der Waals surface area contributed by atoms with Crippen LogP contribution in [0.5, 0.6) is 0 Å². The van der Waals surface area contributed by atoms with Gasteiger partial charge < -0.3 is 4.90 Å². The number of hydrogen-bond acceptors (Lipinski definition) is 3. The number of pyridine rings is 1. The van der Waals surface area contributed by atoms with Crippen LogP contribution in [0.2, 0.25) is 0 Å². The summed E-state index contributed by atoms with van der Waals surface area (Å²) in [5.74, 6) is -0.580. The molecule has 3 rings (SSSR count). The lowest BCUT2D eigenvalue weighted by Gasteiger charge is -2.35. The van der Waals surface area contributed by atoms with Gasteiger partial charge in [-0.05, 0) is 29.8 Å². The van der Waals surface area contributed by atoms with Crippen molar-refractivity contribution in [2.24, 2.45) is 0 Å². The van der Waals surface area contributed by atoms with Gasteiger partial charge in [-0.2, -0.15) is 0 Å². The molecule has 0 radical (unpaired) electrons. The molecule has 0 aliphatic carbocycles. The Labute approximate surface area is 122 Å². The van der Waals surface area contributed by atoms with E-state index in [-0.39, 0.29) is 0 Å². The maximum Gasteiger partial charge on any atom is 0.159 e. The summed E-state index contributed by atoms with van der Waals surface area (Å²) in [5, 5.41) is 0. The molecule has 0 atom stereocenters. The molecular weight excluding hydrogens is 272 g/mol. The Morgan fingerprint density at radius 2 is 1.76 bits per heavy atom. The second-order valence-corrected chi connectivity index (χ2v) is 5.20. The van der Waals surface area contributed by atoms with Gasteiger partial charge in [0.25, 0.3) is 0 Å². The third-order valence-corrected chi connectivity index (χ3v) is 3.74. The molecule has 1 aliphatic heterocycles. The average molecular weight is 289 g/mol. The minimum Gasteiger partial charge on any atom is -0.354 e. The normalized spacial score (nSPS) is 16.2. The van der Waals surface area contributed by atoms with Gasteiger partial charge in [0.15, 0.2) is 11.6 Å². The van der Waals surface area contributed by atoms with Crippen LogP contribution in [0.3, 0.4) is 0 Å². The highest BCUT2D eigenvalue weighted by Crippen LogP contribution is 2.15. The number of benzene rings is 1. The number of rotatable bonds is 3. The monoisotopic (exact) mass is 289 g/mol. The van der Waals surface area contributed by atoms with Crippen LogP contribution in [-0.4, -0.2) is 36.1 Å². The molecule has 0 unspecified atom stereocenters. The van der Waals surface area contributed by atoms with Gasteiger partial charge in [0.1, 0.15) is 5.82 Å². The molecule has 1 saturated heterocycles. The van der Waals surface area contributed by atoms with Gasteiger partial charge >= 0.3 is 0 Å². The van der Waals surface area contributed by atoms with Crippen molar-refractivity contribution in [3.05, 3.63) is 59.8 Å². The molecule has 0 bridgehead atoms. The second-order valence-electron chi connectivity index (χ2n) is 5.20. The molecule has 1 aromatic carbocycles. The molecular formula is C16H17F2N3. The van der Waals surface area contributed by atoms with E-state index in [0.717, 1.165) is 37.6 Å². The van der Waals surface area contributed by atoms with Crippen molar-refractivity contribution in [2.45, 2.75) is 6.54 Å². The van der Waals surface area contributed by atoms with Gasteiger partial charge in [0.2, 0.25) is 0 Å². The Morgan fingerprint density at radius 1 is 0.952 bits per heavy atom. The number of hydrogen-bond donors (Lipinski definition) is 0. The van der Waals surface area contributed by atoms with E-state index >= 15 is 0 Å². The van der Waals surface area contributed by atoms with Gasteiger partial charge in [0, 0.05) is 38.9 Å². The maximum absolute atomic E-state index is 13.2. The van der Waals surface area contributed by atoms with Crippen molar-refractivity contribution in [2.75, 3.05) is 31.1 Å². The molecule has 3 nitrogen and oxygen atoms in total. The molecule has 5 heteroatoms. The first-order valence-electron chi connectivity index (χ1n) is 7.04. The fourth-order valence-corrected chi connectivity index (χ4v) is 2.57. The van der Waals surface area contributed by atoms with Crippen LogP contribution in [0.25, 0.3) is 0 Å². The summed E-state index contributed by atoms with van der Waals surface area (Å²) < 4.78 is 26.1. The smallest absolute Gasteiger partial charge is 0.159 e. The predicted molar refractivity (Wildman–Crippen MR) is 78.1 cm³/mol. The first-order chi connectivity index (χ1) is 10.2. The Morgan fingerprint density at radius 3 is 2.43 bits per heavy atom. The molecule has 0 amide bonds. The minimum atomic E-state index is -0.793. The number of piperazine rings is 1. The molecule has 1 aromatic heterocycles. The van der Waals surface area contributed by atoms with Crippen LogP contribution in [0, 0.1) is 11.6 Å². The lowest BCUT2D eigenvalue weighted by Crippen LogP contribution is -2.46. The largest absolute Gasteiger partial charge is 0.354 e. The van der Waals surface area contributed by atoms with Gasteiger partial charge in [0.05, 0.1) is 0 Å². The Bertz CT molecular complexity index is 596. The Kier molecular flexibility index (Phi) is 4.10. The number of anilines is 1. The molecule has 0 N–H and O–H groups in total. The SMILES string of the molecule is Fc1ccc(CN2CCN(c3ccccn3)CC2)cc1F. The summed E-state index contributed by atoms with van der Waals surface area (Å²) in [4.78, 5) is 8.83. The Balaban J connectivity index is 1.57. The fourth-order valence-electron chi connectivity index (χ4n) is 2.57. The average Bonchev–Trinajstić information content (AvgIpc) is 2.53. The zero-order chi connectivity index (χ0) is 14.7. The van der Waals surface area contributed by atoms with Crippen molar-refractivity contribution < 1.29 is 8.78 Å². The van der Waals surface area contributed by atoms with E-state index < -0.39 is 11.6 Å². The first kappa shape index (κ1) is 13.9. The van der Waals surface area contributed by atoms with E-state index in [9.17, 15) is 8.78 Å². The molecule has 0 saturated carbocycles. The summed E-state index contributed by atoms with van der Waals surface area (Å²) in [6.07, 6.45) is 1.79. The zero-order valence-corrected chi connectivity index (χ0v) is 11.7. The van der Waals surface area contributed by atoms with Crippen LogP contribution in [0.1, 0.15) is 5.56 Å². The van der Waals surface area contributed by atoms with Gasteiger partial charge in [-0.1, -0.05) is 12.1 Å². The van der Waals surface area contributed by atoms with E-state index in [1.165, 1.54) is 12.1 Å². The summed E-state index contributed by atoms with van der Waals surface area (Å²) in [5.41, 5.74) is 0.806. The van der Waals surface area contributed by atoms with Gasteiger partial charge in [-0.25, -0.2) is 13.8 Å². The lowest BCUT2D eigenvalue weighted by atomic mass is 10.2. The Hall–Kier alpha value is -2.01.